The first-order chi connectivity index (χ1) is 13.7. The fourth-order valence-electron chi connectivity index (χ4n) is 2.81. The summed E-state index contributed by atoms with van der Waals surface area (Å²) < 4.78 is 28.0. The Balaban J connectivity index is 1.66. The molecule has 29 heavy (non-hydrogen) atoms. The molecule has 0 spiro atoms. The molecular formula is C21H23N3O3S2. The molecule has 6 nitrogen and oxygen atoms in total. The normalized spacial score (nSPS) is 11.4. The summed E-state index contributed by atoms with van der Waals surface area (Å²) in [5, 5.41) is 5.48. The number of hydrogen-bond donors (Lipinski definition) is 2. The predicted octanol–water partition coefficient (Wildman–Crippen LogP) is 3.91. The van der Waals surface area contributed by atoms with Crippen LogP contribution in [0.25, 0.3) is 10.6 Å². The molecule has 8 heteroatoms. The Morgan fingerprint density at radius 2 is 1.83 bits per heavy atom. The van der Waals surface area contributed by atoms with Gasteiger partial charge in [-0.05, 0) is 31.5 Å². The lowest BCUT2D eigenvalue weighted by Crippen LogP contribution is -2.27. The Hall–Kier alpha value is -2.55. The molecule has 2 N–H and O–H groups in total. The molecule has 3 aromatic rings. The molecule has 152 valence electrons. The van der Waals surface area contributed by atoms with Crippen molar-refractivity contribution in [3.05, 3.63) is 64.7 Å². The van der Waals surface area contributed by atoms with E-state index in [0.29, 0.717) is 17.7 Å². The van der Waals surface area contributed by atoms with Crippen molar-refractivity contribution in [3.8, 4) is 10.6 Å². The average Bonchev–Trinajstić information content (AvgIpc) is 3.12. The number of nitrogens with one attached hydrogen (secondary N) is 2. The Bertz CT molecular complexity index is 1120. The van der Waals surface area contributed by atoms with Crippen LogP contribution in [0.15, 0.2) is 52.7 Å². The fourth-order valence-corrected chi connectivity index (χ4v) is 4.97. The van der Waals surface area contributed by atoms with Crippen LogP contribution in [-0.2, 0) is 21.2 Å². The van der Waals surface area contributed by atoms with Gasteiger partial charge < -0.3 is 5.32 Å². The number of amides is 1. The van der Waals surface area contributed by atoms with Crippen LogP contribution in [0.5, 0.6) is 0 Å². The standard InChI is InChI=1S/C21H23N3O3S2/c1-14-4-7-17(8-5-14)21-24-19(13-28-21)10-11-22-29(26,27)20-12-18(23-16(3)25)9-6-15(20)2/h4-9,12-13,22H,10-11H2,1-3H3,(H,23,25). The minimum atomic E-state index is -3.70. The lowest BCUT2D eigenvalue weighted by Gasteiger charge is -2.11. The van der Waals surface area contributed by atoms with Crippen molar-refractivity contribution < 1.29 is 13.2 Å². The van der Waals surface area contributed by atoms with Gasteiger partial charge in [0.2, 0.25) is 15.9 Å². The number of nitrogens with zero attached hydrogens (tertiary/aromatic N) is 1. The fraction of sp³-hybridized carbons (Fsp3) is 0.238. The van der Waals surface area contributed by atoms with Gasteiger partial charge in [-0.15, -0.1) is 11.3 Å². The second-order valence-electron chi connectivity index (χ2n) is 6.82. The Morgan fingerprint density at radius 1 is 1.10 bits per heavy atom. The Labute approximate surface area is 175 Å². The van der Waals surface area contributed by atoms with E-state index < -0.39 is 10.0 Å². The number of sulfonamides is 1. The highest BCUT2D eigenvalue weighted by Gasteiger charge is 2.17. The molecule has 0 aliphatic carbocycles. The van der Waals surface area contributed by atoms with Crippen LogP contribution in [0.3, 0.4) is 0 Å². The van der Waals surface area contributed by atoms with Crippen molar-refractivity contribution in [1.82, 2.24) is 9.71 Å². The van der Waals surface area contributed by atoms with Crippen LogP contribution >= 0.6 is 11.3 Å². The molecule has 1 amide bonds. The van der Waals surface area contributed by atoms with Crippen LogP contribution in [0.4, 0.5) is 5.69 Å². The van der Waals surface area contributed by atoms with E-state index >= 15 is 0 Å². The molecule has 0 aliphatic heterocycles. The van der Waals surface area contributed by atoms with E-state index in [2.05, 4.69) is 15.0 Å². The molecule has 0 saturated heterocycles. The van der Waals surface area contributed by atoms with Gasteiger partial charge >= 0.3 is 0 Å². The highest BCUT2D eigenvalue weighted by Crippen LogP contribution is 2.24. The Morgan fingerprint density at radius 3 is 2.52 bits per heavy atom. The molecule has 0 aliphatic rings. The zero-order valence-electron chi connectivity index (χ0n) is 16.5. The average molecular weight is 430 g/mol. The molecular weight excluding hydrogens is 406 g/mol. The van der Waals surface area contributed by atoms with Crippen LogP contribution in [0.2, 0.25) is 0 Å². The van der Waals surface area contributed by atoms with Crippen LogP contribution in [-0.4, -0.2) is 25.9 Å². The highest BCUT2D eigenvalue weighted by atomic mass is 32.2. The van der Waals surface area contributed by atoms with Gasteiger partial charge in [0, 0.05) is 36.5 Å². The topological polar surface area (TPSA) is 88.2 Å². The maximum Gasteiger partial charge on any atom is 0.240 e. The molecule has 0 unspecified atom stereocenters. The van der Waals surface area contributed by atoms with Gasteiger partial charge in [0.05, 0.1) is 10.6 Å². The van der Waals surface area contributed by atoms with E-state index in [9.17, 15) is 13.2 Å². The smallest absolute Gasteiger partial charge is 0.240 e. The molecule has 3 rings (SSSR count). The highest BCUT2D eigenvalue weighted by molar-refractivity contribution is 7.89. The molecule has 0 fully saturated rings. The summed E-state index contributed by atoms with van der Waals surface area (Å²) in [6, 6.07) is 13.0. The van der Waals surface area contributed by atoms with Crippen molar-refractivity contribution in [2.75, 3.05) is 11.9 Å². The van der Waals surface area contributed by atoms with Gasteiger partial charge in [-0.2, -0.15) is 0 Å². The summed E-state index contributed by atoms with van der Waals surface area (Å²) >= 11 is 1.54. The first-order valence-electron chi connectivity index (χ1n) is 9.14. The van der Waals surface area contributed by atoms with Crippen molar-refractivity contribution in [2.45, 2.75) is 32.1 Å². The van der Waals surface area contributed by atoms with Gasteiger partial charge in [-0.1, -0.05) is 35.9 Å². The minimum absolute atomic E-state index is 0.155. The molecule has 1 heterocycles. The molecule has 2 aromatic carbocycles. The van der Waals surface area contributed by atoms with Crippen LogP contribution in [0.1, 0.15) is 23.7 Å². The van der Waals surface area contributed by atoms with E-state index in [1.807, 2.05) is 36.6 Å². The van der Waals surface area contributed by atoms with Gasteiger partial charge in [0.25, 0.3) is 0 Å². The number of thiazole rings is 1. The summed E-state index contributed by atoms with van der Waals surface area (Å²) in [5.74, 6) is -0.252. The Kier molecular flexibility index (Phi) is 6.46. The summed E-state index contributed by atoms with van der Waals surface area (Å²) in [6.07, 6.45) is 0.492. The van der Waals surface area contributed by atoms with Crippen LogP contribution in [0, 0.1) is 13.8 Å². The number of hydrogen-bond acceptors (Lipinski definition) is 5. The third-order valence-corrected chi connectivity index (χ3v) is 6.86. The summed E-state index contributed by atoms with van der Waals surface area (Å²) in [6.45, 7) is 5.38. The summed E-state index contributed by atoms with van der Waals surface area (Å²) in [7, 11) is -3.70. The van der Waals surface area contributed by atoms with E-state index in [1.54, 1.807) is 30.4 Å². The lowest BCUT2D eigenvalue weighted by atomic mass is 10.2. The quantitative estimate of drug-likeness (QED) is 0.596. The maximum absolute atomic E-state index is 12.7. The predicted molar refractivity (Wildman–Crippen MR) is 117 cm³/mol. The number of rotatable bonds is 7. The van der Waals surface area contributed by atoms with E-state index in [0.717, 1.165) is 16.3 Å². The third kappa shape index (κ3) is 5.50. The molecule has 0 bridgehead atoms. The third-order valence-electron chi connectivity index (χ3n) is 4.32. The first-order valence-corrected chi connectivity index (χ1v) is 11.5. The number of carbonyl (C=O) groups excluding carboxylic acids is 1. The summed E-state index contributed by atoms with van der Waals surface area (Å²) in [5.41, 5.74) is 4.15. The van der Waals surface area contributed by atoms with E-state index in [1.165, 1.54) is 18.6 Å². The molecule has 0 atom stereocenters. The van der Waals surface area contributed by atoms with Crippen molar-refractivity contribution in [3.63, 3.8) is 0 Å². The van der Waals surface area contributed by atoms with Crippen LogP contribution < -0.4 is 10.0 Å². The second kappa shape index (κ2) is 8.86. The van der Waals surface area contributed by atoms with Gasteiger partial charge in [0.15, 0.2) is 0 Å². The minimum Gasteiger partial charge on any atom is -0.326 e. The van der Waals surface area contributed by atoms with Gasteiger partial charge in [-0.25, -0.2) is 18.1 Å². The molecule has 0 radical (unpaired) electrons. The molecule has 1 aromatic heterocycles. The molecule has 0 saturated carbocycles. The largest absolute Gasteiger partial charge is 0.326 e. The van der Waals surface area contributed by atoms with Gasteiger partial charge in [-0.3, -0.25) is 4.79 Å². The second-order valence-corrected chi connectivity index (χ2v) is 9.41. The number of anilines is 1. The van der Waals surface area contributed by atoms with Crippen molar-refractivity contribution in [2.24, 2.45) is 0 Å². The van der Waals surface area contributed by atoms with Crippen molar-refractivity contribution in [1.29, 1.82) is 0 Å². The maximum atomic E-state index is 12.7. The van der Waals surface area contributed by atoms with Crippen molar-refractivity contribution >= 4 is 33.0 Å². The number of aromatic nitrogens is 1. The monoisotopic (exact) mass is 429 g/mol. The number of benzene rings is 2. The SMILES string of the molecule is CC(=O)Nc1ccc(C)c(S(=O)(=O)NCCc2csc(-c3ccc(C)cc3)n2)c1. The van der Waals surface area contributed by atoms with E-state index in [4.69, 9.17) is 0 Å². The zero-order valence-corrected chi connectivity index (χ0v) is 18.2. The summed E-state index contributed by atoms with van der Waals surface area (Å²) in [4.78, 5) is 16.0. The lowest BCUT2D eigenvalue weighted by molar-refractivity contribution is -0.114. The van der Waals surface area contributed by atoms with E-state index in [-0.39, 0.29) is 17.3 Å². The van der Waals surface area contributed by atoms with Gasteiger partial charge in [0.1, 0.15) is 5.01 Å². The number of carbonyl (C=O) groups is 1. The zero-order chi connectivity index (χ0) is 21.0. The number of aryl methyl sites for hydroxylation is 2. The first kappa shape index (κ1) is 21.2.